The second-order valence-electron chi connectivity index (χ2n) is 4.09. The van der Waals surface area contributed by atoms with Crippen LogP contribution in [0.3, 0.4) is 0 Å². The summed E-state index contributed by atoms with van der Waals surface area (Å²) in [7, 11) is -2.61. The van der Waals surface area contributed by atoms with E-state index in [1.807, 2.05) is 6.92 Å². The number of ether oxygens (including phenoxy) is 1. The van der Waals surface area contributed by atoms with Crippen LogP contribution >= 0.6 is 0 Å². The van der Waals surface area contributed by atoms with Gasteiger partial charge in [0.15, 0.2) is 0 Å². The fourth-order valence-corrected chi connectivity index (χ4v) is 3.17. The highest BCUT2D eigenvalue weighted by Gasteiger charge is 2.24. The van der Waals surface area contributed by atoms with Crippen LogP contribution in [0.4, 0.5) is 5.69 Å². The van der Waals surface area contributed by atoms with Crippen molar-refractivity contribution in [3.05, 3.63) is 23.8 Å². The number of aryl methyl sites for hydroxylation is 1. The molecule has 0 saturated carbocycles. The van der Waals surface area contributed by atoms with E-state index >= 15 is 0 Å². The molecule has 0 heterocycles. The normalized spacial score (nSPS) is 13.0. The molecule has 0 fully saturated rings. The van der Waals surface area contributed by atoms with Gasteiger partial charge in [0, 0.05) is 5.69 Å². The van der Waals surface area contributed by atoms with E-state index in [1.54, 1.807) is 12.1 Å². The fourth-order valence-electron chi connectivity index (χ4n) is 1.63. The number of hydrogen-bond donors (Lipinski definition) is 2. The van der Waals surface area contributed by atoms with Crippen LogP contribution < -0.4 is 10.5 Å². The van der Waals surface area contributed by atoms with Gasteiger partial charge in [-0.05, 0) is 31.0 Å². The molecule has 106 valence electrons. The lowest BCUT2D eigenvalue weighted by Crippen LogP contribution is -2.39. The van der Waals surface area contributed by atoms with Crippen LogP contribution in [0.5, 0.6) is 0 Å². The lowest BCUT2D eigenvalue weighted by molar-refractivity contribution is -0.142. The molecular weight excluding hydrogens is 268 g/mol. The van der Waals surface area contributed by atoms with Crippen LogP contribution in [0.25, 0.3) is 0 Å². The summed E-state index contributed by atoms with van der Waals surface area (Å²) in [5.41, 5.74) is 6.60. The predicted octanol–water partition coefficient (Wildman–Crippen LogP) is 0.671. The predicted molar refractivity (Wildman–Crippen MR) is 72.0 cm³/mol. The maximum absolute atomic E-state index is 12.2. The summed E-state index contributed by atoms with van der Waals surface area (Å²) in [4.78, 5) is 11.4. The van der Waals surface area contributed by atoms with Crippen molar-refractivity contribution in [2.24, 2.45) is 0 Å². The standard InChI is InChI=1S/C12H18N2O4S/c1-4-9-5-6-10(13)7-11(9)19(16,17)14-8(2)12(15)18-3/h5-8,14H,4,13H2,1-3H3. The number of anilines is 1. The minimum Gasteiger partial charge on any atom is -0.468 e. The van der Waals surface area contributed by atoms with Crippen molar-refractivity contribution in [3.63, 3.8) is 0 Å². The molecule has 1 aromatic carbocycles. The molecule has 0 aromatic heterocycles. The lowest BCUT2D eigenvalue weighted by Gasteiger charge is -2.14. The van der Waals surface area contributed by atoms with E-state index in [4.69, 9.17) is 5.73 Å². The van der Waals surface area contributed by atoms with Gasteiger partial charge >= 0.3 is 5.97 Å². The van der Waals surface area contributed by atoms with Gasteiger partial charge in [-0.1, -0.05) is 13.0 Å². The van der Waals surface area contributed by atoms with Gasteiger partial charge in [-0.15, -0.1) is 0 Å². The zero-order chi connectivity index (χ0) is 14.6. The first kappa shape index (κ1) is 15.5. The third kappa shape index (κ3) is 3.68. The van der Waals surface area contributed by atoms with Crippen LogP contribution in [0.2, 0.25) is 0 Å². The van der Waals surface area contributed by atoms with Crippen LogP contribution in [-0.2, 0) is 26.0 Å². The van der Waals surface area contributed by atoms with Crippen molar-refractivity contribution in [1.82, 2.24) is 4.72 Å². The first-order chi connectivity index (χ1) is 8.81. The second kappa shape index (κ2) is 6.03. The van der Waals surface area contributed by atoms with Crippen molar-refractivity contribution in [2.45, 2.75) is 31.2 Å². The number of nitrogens with one attached hydrogen (secondary N) is 1. The number of esters is 1. The van der Waals surface area contributed by atoms with Crippen molar-refractivity contribution < 1.29 is 17.9 Å². The summed E-state index contributed by atoms with van der Waals surface area (Å²) in [6, 6.07) is 3.72. The molecule has 0 saturated heterocycles. The summed E-state index contributed by atoms with van der Waals surface area (Å²) in [6.07, 6.45) is 0.545. The summed E-state index contributed by atoms with van der Waals surface area (Å²) in [5.74, 6) is -0.648. The van der Waals surface area contributed by atoms with Crippen molar-refractivity contribution >= 4 is 21.7 Å². The van der Waals surface area contributed by atoms with Gasteiger partial charge in [0.1, 0.15) is 6.04 Å². The molecule has 3 N–H and O–H groups in total. The molecule has 0 radical (unpaired) electrons. The molecular formula is C12H18N2O4S. The van der Waals surface area contributed by atoms with E-state index in [0.717, 1.165) is 0 Å². The molecule has 7 heteroatoms. The first-order valence-corrected chi connectivity index (χ1v) is 7.28. The van der Waals surface area contributed by atoms with Gasteiger partial charge in [0.25, 0.3) is 0 Å². The van der Waals surface area contributed by atoms with E-state index in [9.17, 15) is 13.2 Å². The van der Waals surface area contributed by atoms with Crippen molar-refractivity contribution in [2.75, 3.05) is 12.8 Å². The average Bonchev–Trinajstić information content (AvgIpc) is 2.37. The molecule has 6 nitrogen and oxygen atoms in total. The van der Waals surface area contributed by atoms with Crippen LogP contribution in [0.1, 0.15) is 19.4 Å². The minimum absolute atomic E-state index is 0.0887. The summed E-state index contributed by atoms with van der Waals surface area (Å²) in [5, 5.41) is 0. The number of rotatable bonds is 5. The molecule has 1 unspecified atom stereocenters. The number of nitrogen functional groups attached to an aromatic ring is 1. The first-order valence-electron chi connectivity index (χ1n) is 5.80. The minimum atomic E-state index is -3.81. The van der Waals surface area contributed by atoms with Crippen LogP contribution in [-0.4, -0.2) is 27.5 Å². The fraction of sp³-hybridized carbons (Fsp3) is 0.417. The Morgan fingerprint density at radius 1 is 1.47 bits per heavy atom. The van der Waals surface area contributed by atoms with Crippen molar-refractivity contribution in [1.29, 1.82) is 0 Å². The number of carbonyl (C=O) groups is 1. The topological polar surface area (TPSA) is 98.5 Å². The number of sulfonamides is 1. The molecule has 1 atom stereocenters. The highest BCUT2D eigenvalue weighted by atomic mass is 32.2. The van der Waals surface area contributed by atoms with E-state index in [-0.39, 0.29) is 4.90 Å². The van der Waals surface area contributed by atoms with E-state index < -0.39 is 22.0 Å². The average molecular weight is 286 g/mol. The van der Waals surface area contributed by atoms with Gasteiger partial charge in [0.2, 0.25) is 10.0 Å². The van der Waals surface area contributed by atoms with E-state index in [0.29, 0.717) is 17.7 Å². The third-order valence-corrected chi connectivity index (χ3v) is 4.27. The largest absolute Gasteiger partial charge is 0.468 e. The highest BCUT2D eigenvalue weighted by Crippen LogP contribution is 2.20. The summed E-state index contributed by atoms with van der Waals surface area (Å²) < 4.78 is 31.2. The maximum atomic E-state index is 12.2. The van der Waals surface area contributed by atoms with Gasteiger partial charge in [-0.2, -0.15) is 4.72 Å². The zero-order valence-electron chi connectivity index (χ0n) is 11.1. The van der Waals surface area contributed by atoms with Gasteiger partial charge < -0.3 is 10.5 Å². The number of hydrogen-bond acceptors (Lipinski definition) is 5. The van der Waals surface area contributed by atoms with E-state index in [2.05, 4.69) is 9.46 Å². The smallest absolute Gasteiger partial charge is 0.323 e. The molecule has 0 spiro atoms. The zero-order valence-corrected chi connectivity index (χ0v) is 12.0. The number of carbonyl (C=O) groups excluding carboxylic acids is 1. The van der Waals surface area contributed by atoms with Gasteiger partial charge in [-0.3, -0.25) is 4.79 Å². The van der Waals surface area contributed by atoms with Crippen LogP contribution in [0.15, 0.2) is 23.1 Å². The molecule has 0 aliphatic rings. The Hall–Kier alpha value is -1.60. The Labute approximate surface area is 113 Å². The van der Waals surface area contributed by atoms with Crippen molar-refractivity contribution in [3.8, 4) is 0 Å². The number of benzene rings is 1. The molecule has 1 rings (SSSR count). The monoisotopic (exact) mass is 286 g/mol. The molecule has 1 aromatic rings. The Kier molecular flexibility index (Phi) is 4.90. The third-order valence-electron chi connectivity index (χ3n) is 2.65. The highest BCUT2D eigenvalue weighted by molar-refractivity contribution is 7.89. The number of methoxy groups -OCH3 is 1. The Bertz CT molecular complexity index is 569. The molecule has 0 amide bonds. The molecule has 0 bridgehead atoms. The molecule has 0 aliphatic carbocycles. The lowest BCUT2D eigenvalue weighted by atomic mass is 10.1. The second-order valence-corrected chi connectivity index (χ2v) is 5.77. The summed E-state index contributed by atoms with van der Waals surface area (Å²) >= 11 is 0. The Balaban J connectivity index is 3.13. The molecule has 19 heavy (non-hydrogen) atoms. The van der Waals surface area contributed by atoms with Crippen LogP contribution in [0, 0.1) is 0 Å². The quantitative estimate of drug-likeness (QED) is 0.612. The summed E-state index contributed by atoms with van der Waals surface area (Å²) in [6.45, 7) is 3.26. The molecule has 0 aliphatic heterocycles. The maximum Gasteiger partial charge on any atom is 0.323 e. The van der Waals surface area contributed by atoms with E-state index in [1.165, 1.54) is 20.1 Å². The Morgan fingerprint density at radius 3 is 2.63 bits per heavy atom. The van der Waals surface area contributed by atoms with Gasteiger partial charge in [-0.25, -0.2) is 8.42 Å². The Morgan fingerprint density at radius 2 is 2.11 bits per heavy atom. The van der Waals surface area contributed by atoms with Gasteiger partial charge in [0.05, 0.1) is 12.0 Å². The SMILES string of the molecule is CCc1ccc(N)cc1S(=O)(=O)NC(C)C(=O)OC. The number of nitrogens with two attached hydrogens (primary N) is 1.